The predicted octanol–water partition coefficient (Wildman–Crippen LogP) is 5.47. The molecule has 0 aromatic carbocycles. The predicted molar refractivity (Wildman–Crippen MR) is 147 cm³/mol. The molecule has 0 bridgehead atoms. The van der Waals surface area contributed by atoms with Crippen LogP contribution < -0.4 is 5.32 Å². The number of carbonyl (C=O) groups is 2. The minimum absolute atomic E-state index is 0.0365. The van der Waals surface area contributed by atoms with E-state index < -0.39 is 17.6 Å². The average Bonchev–Trinajstić information content (AvgIpc) is 2.83. The molecule has 6 heteroatoms. The number of nitrogens with one attached hydrogen (secondary N) is 1. The van der Waals surface area contributed by atoms with Gasteiger partial charge in [-0.15, -0.1) is 0 Å². The Kier molecular flexibility index (Phi) is 10.8. The quantitative estimate of drug-likeness (QED) is 0.316. The van der Waals surface area contributed by atoms with Crippen molar-refractivity contribution in [2.45, 2.75) is 130 Å². The van der Waals surface area contributed by atoms with Crippen molar-refractivity contribution >= 4 is 11.9 Å². The lowest BCUT2D eigenvalue weighted by Crippen LogP contribution is -2.43. The van der Waals surface area contributed by atoms with Crippen molar-refractivity contribution in [1.82, 2.24) is 5.32 Å². The zero-order valence-electron chi connectivity index (χ0n) is 23.7. The van der Waals surface area contributed by atoms with Crippen molar-refractivity contribution in [3.8, 4) is 0 Å². The largest absolute Gasteiger partial charge is 0.461 e. The van der Waals surface area contributed by atoms with E-state index in [0.717, 1.165) is 44.9 Å². The van der Waals surface area contributed by atoms with Crippen molar-refractivity contribution in [3.05, 3.63) is 23.8 Å². The van der Waals surface area contributed by atoms with Gasteiger partial charge in [-0.3, -0.25) is 9.59 Å². The molecule has 6 nitrogen and oxygen atoms in total. The summed E-state index contributed by atoms with van der Waals surface area (Å²) in [6.07, 6.45) is 13.7. The molecule has 0 aromatic rings. The van der Waals surface area contributed by atoms with E-state index in [-0.39, 0.29) is 48.7 Å². The van der Waals surface area contributed by atoms with E-state index in [0.29, 0.717) is 18.3 Å². The lowest BCUT2D eigenvalue weighted by Gasteiger charge is -2.44. The van der Waals surface area contributed by atoms with Crippen LogP contribution in [0.1, 0.15) is 105 Å². The first-order valence-corrected chi connectivity index (χ1v) is 14.8. The Morgan fingerprint density at radius 1 is 1.14 bits per heavy atom. The lowest BCUT2D eigenvalue weighted by atomic mass is 9.65. The first kappa shape index (κ1) is 29.9. The Labute approximate surface area is 224 Å². The van der Waals surface area contributed by atoms with Crippen LogP contribution in [0.15, 0.2) is 23.8 Å². The van der Waals surface area contributed by atoms with Crippen LogP contribution in [0.25, 0.3) is 0 Å². The second-order valence-corrected chi connectivity index (χ2v) is 12.7. The molecule has 1 fully saturated rings. The van der Waals surface area contributed by atoms with E-state index in [9.17, 15) is 19.8 Å². The number of ether oxygens (including phenoxy) is 1. The number of rotatable bonds is 11. The van der Waals surface area contributed by atoms with Gasteiger partial charge in [-0.1, -0.05) is 58.3 Å². The van der Waals surface area contributed by atoms with Gasteiger partial charge < -0.3 is 20.3 Å². The van der Waals surface area contributed by atoms with Gasteiger partial charge in [0.1, 0.15) is 6.10 Å². The summed E-state index contributed by atoms with van der Waals surface area (Å²) in [4.78, 5) is 25.3. The number of amides is 1. The maximum absolute atomic E-state index is 13.0. The smallest absolute Gasteiger partial charge is 0.311 e. The van der Waals surface area contributed by atoms with Gasteiger partial charge in [0.05, 0.1) is 24.0 Å². The number of hydrogen-bond donors (Lipinski definition) is 3. The van der Waals surface area contributed by atoms with Gasteiger partial charge in [0.15, 0.2) is 0 Å². The molecule has 1 amide bonds. The van der Waals surface area contributed by atoms with Crippen LogP contribution in [0.5, 0.6) is 0 Å². The normalized spacial score (nSPS) is 30.1. The molecule has 0 aliphatic heterocycles. The Morgan fingerprint density at radius 2 is 1.84 bits per heavy atom. The Balaban J connectivity index is 1.56. The highest BCUT2D eigenvalue weighted by atomic mass is 16.5. The fraction of sp³-hybridized carbons (Fsp3) is 0.806. The van der Waals surface area contributed by atoms with E-state index in [1.807, 2.05) is 20.8 Å². The van der Waals surface area contributed by atoms with Crippen molar-refractivity contribution < 1.29 is 24.5 Å². The molecular formula is C31H51NO5. The second-order valence-electron chi connectivity index (χ2n) is 12.7. The fourth-order valence-corrected chi connectivity index (χ4v) is 6.31. The number of esters is 1. The van der Waals surface area contributed by atoms with Gasteiger partial charge in [-0.05, 0) is 82.1 Å². The van der Waals surface area contributed by atoms with Crippen LogP contribution >= 0.6 is 0 Å². The van der Waals surface area contributed by atoms with E-state index in [1.54, 1.807) is 0 Å². The van der Waals surface area contributed by atoms with Gasteiger partial charge in [0.25, 0.3) is 0 Å². The fourth-order valence-electron chi connectivity index (χ4n) is 6.31. The maximum Gasteiger partial charge on any atom is 0.311 e. The summed E-state index contributed by atoms with van der Waals surface area (Å²) >= 11 is 0. The molecule has 7 atom stereocenters. The zero-order chi connectivity index (χ0) is 27.2. The van der Waals surface area contributed by atoms with Crippen LogP contribution in [0.2, 0.25) is 0 Å². The lowest BCUT2D eigenvalue weighted by molar-refractivity contribution is -0.164. The molecule has 3 N–H and O–H groups in total. The zero-order valence-corrected chi connectivity index (χ0v) is 23.7. The molecule has 0 spiro atoms. The summed E-state index contributed by atoms with van der Waals surface area (Å²) in [5.41, 5.74) is 0.731. The number of allylic oxidation sites excluding steroid dienone is 3. The monoisotopic (exact) mass is 517 g/mol. The molecule has 3 aliphatic rings. The molecule has 0 aromatic heterocycles. The van der Waals surface area contributed by atoms with Gasteiger partial charge in [0, 0.05) is 12.0 Å². The summed E-state index contributed by atoms with van der Waals surface area (Å²) in [7, 11) is 0. The van der Waals surface area contributed by atoms with Crippen LogP contribution in [0.3, 0.4) is 0 Å². The summed E-state index contributed by atoms with van der Waals surface area (Å²) in [6.45, 7) is 10.3. The number of carbonyl (C=O) groups excluding carboxylic acids is 2. The molecule has 7 unspecified atom stereocenters. The van der Waals surface area contributed by atoms with Crippen LogP contribution in [-0.2, 0) is 14.3 Å². The molecule has 0 heterocycles. The minimum atomic E-state index is -0.849. The summed E-state index contributed by atoms with van der Waals surface area (Å²) < 4.78 is 6.18. The van der Waals surface area contributed by atoms with E-state index in [1.165, 1.54) is 12.0 Å². The molecule has 37 heavy (non-hydrogen) atoms. The molecule has 1 saturated carbocycles. The summed E-state index contributed by atoms with van der Waals surface area (Å²) in [5.74, 6) is 0.744. The number of fused-ring (bicyclic) bond motifs is 1. The van der Waals surface area contributed by atoms with Crippen molar-refractivity contribution in [2.24, 2.45) is 29.1 Å². The average molecular weight is 518 g/mol. The maximum atomic E-state index is 13.0. The minimum Gasteiger partial charge on any atom is -0.461 e. The van der Waals surface area contributed by atoms with E-state index >= 15 is 0 Å². The van der Waals surface area contributed by atoms with Gasteiger partial charge in [0.2, 0.25) is 5.91 Å². The molecule has 3 rings (SSSR count). The van der Waals surface area contributed by atoms with E-state index in [2.05, 4.69) is 37.4 Å². The van der Waals surface area contributed by atoms with Crippen molar-refractivity contribution in [1.29, 1.82) is 0 Å². The summed E-state index contributed by atoms with van der Waals surface area (Å²) in [5, 5.41) is 24.3. The van der Waals surface area contributed by atoms with Crippen molar-refractivity contribution in [3.63, 3.8) is 0 Å². The highest BCUT2D eigenvalue weighted by molar-refractivity contribution is 5.77. The number of aliphatic hydroxyl groups is 2. The third kappa shape index (κ3) is 8.41. The highest BCUT2D eigenvalue weighted by Gasteiger charge is 2.42. The van der Waals surface area contributed by atoms with Gasteiger partial charge in [-0.2, -0.15) is 0 Å². The SMILES string of the molecule is CCC(C)(C)C(=O)OC1CC(C)C=C2C=CC(C)C(CCC(O)CC(O)CC(=O)NC3CCCCC3)C21. The third-order valence-electron chi connectivity index (χ3n) is 9.06. The Morgan fingerprint density at radius 3 is 2.51 bits per heavy atom. The second kappa shape index (κ2) is 13.4. The molecule has 3 aliphatic carbocycles. The third-order valence-corrected chi connectivity index (χ3v) is 9.06. The first-order chi connectivity index (χ1) is 17.5. The Bertz CT molecular complexity index is 827. The van der Waals surface area contributed by atoms with Crippen LogP contribution in [0, 0.1) is 29.1 Å². The summed E-state index contributed by atoms with van der Waals surface area (Å²) in [6, 6.07) is 0.227. The standard InChI is InChI=1S/C31H51NO5/c1-6-31(4,5)30(36)37-27-17-20(2)16-22-13-12-21(3)26(29(22)27)15-14-24(33)18-25(34)19-28(35)32-23-10-8-7-9-11-23/h12-13,16,20-21,23-27,29,33-34H,6-11,14-15,17-19H2,1-5H3,(H,32,35). The highest BCUT2D eigenvalue weighted by Crippen LogP contribution is 2.45. The van der Waals surface area contributed by atoms with Gasteiger partial charge >= 0.3 is 5.97 Å². The van der Waals surface area contributed by atoms with Crippen LogP contribution in [0.4, 0.5) is 0 Å². The molecule has 0 radical (unpaired) electrons. The molecule has 0 saturated heterocycles. The van der Waals surface area contributed by atoms with E-state index in [4.69, 9.17) is 4.74 Å². The molecule has 210 valence electrons. The van der Waals surface area contributed by atoms with Crippen LogP contribution in [-0.4, -0.2) is 46.4 Å². The first-order valence-electron chi connectivity index (χ1n) is 14.8. The number of aliphatic hydroxyl groups excluding tert-OH is 2. The van der Waals surface area contributed by atoms with Crippen molar-refractivity contribution in [2.75, 3.05) is 0 Å². The van der Waals surface area contributed by atoms with Gasteiger partial charge in [-0.25, -0.2) is 0 Å². The molecular weight excluding hydrogens is 466 g/mol. The Hall–Kier alpha value is -1.66. The number of hydrogen-bond acceptors (Lipinski definition) is 5. The topological polar surface area (TPSA) is 95.9 Å².